The Labute approximate surface area is 204 Å². The molecule has 4 atom stereocenters. The predicted octanol–water partition coefficient (Wildman–Crippen LogP) is 2.34. The van der Waals surface area contributed by atoms with Gasteiger partial charge in [0.2, 0.25) is 11.8 Å². The van der Waals surface area contributed by atoms with Crippen LogP contribution in [0.4, 0.5) is 0 Å². The molecular weight excluding hydrogens is 446 g/mol. The maximum Gasteiger partial charge on any atom is 0.238 e. The van der Waals surface area contributed by atoms with Crippen molar-refractivity contribution in [3.63, 3.8) is 0 Å². The van der Waals surface area contributed by atoms with E-state index in [4.69, 9.17) is 4.74 Å². The molecule has 2 saturated heterocycles. The van der Waals surface area contributed by atoms with Crippen LogP contribution in [0.25, 0.3) is 10.9 Å². The summed E-state index contributed by atoms with van der Waals surface area (Å²) in [5.41, 5.74) is 1.49. The molecule has 5 rings (SSSR count). The second kappa shape index (κ2) is 9.51. The number of likely N-dealkylation sites (tertiary alicyclic amines) is 1. The van der Waals surface area contributed by atoms with E-state index in [1.54, 1.807) is 7.11 Å². The van der Waals surface area contributed by atoms with Crippen molar-refractivity contribution in [2.24, 2.45) is 11.3 Å². The van der Waals surface area contributed by atoms with Crippen molar-refractivity contribution in [3.8, 4) is 11.8 Å². The summed E-state index contributed by atoms with van der Waals surface area (Å²) < 4.78 is 5.45. The Morgan fingerprint density at radius 3 is 2.91 bits per heavy atom. The lowest BCUT2D eigenvalue weighted by Gasteiger charge is -2.38. The third-order valence-electron chi connectivity index (χ3n) is 8.11. The lowest BCUT2D eigenvalue weighted by molar-refractivity contribution is -0.131. The number of H-pyrrole nitrogens is 1. The molecule has 186 valence electrons. The second-order valence-corrected chi connectivity index (χ2v) is 10.3. The van der Waals surface area contributed by atoms with Crippen molar-refractivity contribution < 1.29 is 19.4 Å². The van der Waals surface area contributed by atoms with Crippen LogP contribution in [0.5, 0.6) is 5.75 Å². The van der Waals surface area contributed by atoms with Crippen LogP contribution in [0.3, 0.4) is 0 Å². The lowest BCUT2D eigenvalue weighted by Crippen LogP contribution is -2.49. The number of carbonyl (C=O) groups is 2. The average molecular weight is 480 g/mol. The molecule has 0 bridgehead atoms. The van der Waals surface area contributed by atoms with E-state index in [0.717, 1.165) is 43.0 Å². The molecule has 9 nitrogen and oxygen atoms in total. The molecule has 1 aliphatic carbocycles. The summed E-state index contributed by atoms with van der Waals surface area (Å²) in [7, 11) is 1.61. The molecule has 2 unspecified atom stereocenters. The Bertz CT molecular complexity index is 1150. The number of hydrogen-bond donors (Lipinski definition) is 4. The maximum absolute atomic E-state index is 13.4. The van der Waals surface area contributed by atoms with Gasteiger partial charge in [0.25, 0.3) is 0 Å². The van der Waals surface area contributed by atoms with Gasteiger partial charge in [-0.15, -0.1) is 0 Å². The molecule has 4 N–H and O–H groups in total. The van der Waals surface area contributed by atoms with Crippen LogP contribution < -0.4 is 15.4 Å². The Morgan fingerprint density at radius 1 is 1.40 bits per heavy atom. The number of ether oxygens (including phenoxy) is 1. The third-order valence-corrected chi connectivity index (χ3v) is 8.11. The molecule has 3 fully saturated rings. The molecule has 1 aromatic carbocycles. The quantitative estimate of drug-likeness (QED) is 0.482. The van der Waals surface area contributed by atoms with E-state index in [2.05, 4.69) is 21.7 Å². The molecule has 0 radical (unpaired) electrons. The number of nitriles is 1. The summed E-state index contributed by atoms with van der Waals surface area (Å²) in [6.45, 7) is 1.29. The molecule has 35 heavy (non-hydrogen) atoms. The monoisotopic (exact) mass is 479 g/mol. The number of aliphatic hydroxyl groups excluding tert-OH is 1. The van der Waals surface area contributed by atoms with Crippen LogP contribution in [-0.2, 0) is 9.59 Å². The number of rotatable bonds is 7. The number of nitrogens with zero attached hydrogens (tertiary/aromatic N) is 2. The summed E-state index contributed by atoms with van der Waals surface area (Å²) >= 11 is 0. The minimum absolute atomic E-state index is 0.0259. The minimum Gasteiger partial charge on any atom is -0.496 e. The number of aromatic amines is 1. The van der Waals surface area contributed by atoms with Crippen LogP contribution in [0, 0.1) is 22.7 Å². The van der Waals surface area contributed by atoms with E-state index in [1.165, 1.54) is 0 Å². The van der Waals surface area contributed by atoms with Gasteiger partial charge in [0.15, 0.2) is 0 Å². The van der Waals surface area contributed by atoms with Crippen molar-refractivity contribution in [2.75, 3.05) is 20.2 Å². The van der Waals surface area contributed by atoms with Crippen LogP contribution in [-0.4, -0.2) is 59.1 Å². The van der Waals surface area contributed by atoms with Crippen LogP contribution in [0.1, 0.15) is 56.9 Å². The number of benzene rings is 1. The van der Waals surface area contributed by atoms with Crippen LogP contribution >= 0.6 is 0 Å². The van der Waals surface area contributed by atoms with Gasteiger partial charge in [0, 0.05) is 29.9 Å². The van der Waals surface area contributed by atoms with Gasteiger partial charge in [-0.05, 0) is 62.1 Å². The number of aromatic nitrogens is 1. The first-order valence-corrected chi connectivity index (χ1v) is 12.5. The zero-order valence-corrected chi connectivity index (χ0v) is 20.0. The molecule has 1 saturated carbocycles. The standard InChI is InChI=1S/C26H33N5O4/c1-35-22-7-2-6-19-18(22)12-20(30-19)25(34)31-15-26(8-4-9-26)13-21(31)24(33)29-17(14-27)11-16-5-3-10-28-23(16)32/h2,6-7,12,16-17,21,25,30,34H,3-5,8-11,13,15H2,1H3,(H,28,32)(H,29,33)/t16-,17-,21?,25?/m0/s1. The molecule has 2 aliphatic heterocycles. The Kier molecular flexibility index (Phi) is 6.43. The highest BCUT2D eigenvalue weighted by Gasteiger charge is 2.52. The fraction of sp³-hybridized carbons (Fsp3) is 0.577. The average Bonchev–Trinajstić information content (AvgIpc) is 3.47. The van der Waals surface area contributed by atoms with Gasteiger partial charge < -0.3 is 25.5 Å². The molecule has 2 amide bonds. The number of nitrogens with one attached hydrogen (secondary N) is 3. The SMILES string of the molecule is COc1cccc2[nH]c(C(O)N3CC4(CCC4)CC3C(=O)N[C@H](C#N)C[C@@H]3CCCNC3=O)cc12. The maximum atomic E-state index is 13.4. The summed E-state index contributed by atoms with van der Waals surface area (Å²) in [6.07, 6.45) is 4.75. The minimum atomic E-state index is -0.993. The van der Waals surface area contributed by atoms with E-state index >= 15 is 0 Å². The third kappa shape index (κ3) is 4.48. The number of fused-ring (bicyclic) bond motifs is 1. The summed E-state index contributed by atoms with van der Waals surface area (Å²) in [4.78, 5) is 30.7. The topological polar surface area (TPSA) is 130 Å². The number of hydrogen-bond acceptors (Lipinski definition) is 6. The first-order valence-electron chi connectivity index (χ1n) is 12.5. The predicted molar refractivity (Wildman–Crippen MR) is 129 cm³/mol. The van der Waals surface area contributed by atoms with E-state index in [1.807, 2.05) is 29.2 Å². The molecular formula is C26H33N5O4. The van der Waals surface area contributed by atoms with Gasteiger partial charge in [-0.2, -0.15) is 5.26 Å². The molecule has 2 aromatic rings. The Morgan fingerprint density at radius 2 is 2.23 bits per heavy atom. The molecule has 1 aromatic heterocycles. The van der Waals surface area contributed by atoms with Crippen molar-refractivity contribution in [1.82, 2.24) is 20.5 Å². The Hall–Kier alpha value is -3.09. The largest absolute Gasteiger partial charge is 0.496 e. The van der Waals surface area contributed by atoms with Gasteiger partial charge in [-0.1, -0.05) is 12.5 Å². The highest BCUT2D eigenvalue weighted by atomic mass is 16.5. The summed E-state index contributed by atoms with van der Waals surface area (Å²) in [6, 6.07) is 8.43. The zero-order chi connectivity index (χ0) is 24.6. The summed E-state index contributed by atoms with van der Waals surface area (Å²) in [5.74, 6) is 0.140. The highest BCUT2D eigenvalue weighted by Crippen LogP contribution is 2.52. The molecule has 1 spiro atoms. The van der Waals surface area contributed by atoms with Gasteiger partial charge in [-0.25, -0.2) is 0 Å². The normalized spacial score (nSPS) is 25.5. The Balaban J connectivity index is 1.34. The highest BCUT2D eigenvalue weighted by molar-refractivity contribution is 5.87. The van der Waals surface area contributed by atoms with Crippen molar-refractivity contribution in [1.29, 1.82) is 5.26 Å². The number of piperidine rings is 1. The smallest absolute Gasteiger partial charge is 0.238 e. The van der Waals surface area contributed by atoms with Crippen LogP contribution in [0.2, 0.25) is 0 Å². The lowest BCUT2D eigenvalue weighted by atomic mass is 9.67. The van der Waals surface area contributed by atoms with Crippen molar-refractivity contribution in [3.05, 3.63) is 30.0 Å². The van der Waals surface area contributed by atoms with Crippen molar-refractivity contribution in [2.45, 2.75) is 63.3 Å². The zero-order valence-electron chi connectivity index (χ0n) is 20.0. The fourth-order valence-electron chi connectivity index (χ4n) is 6.03. The fourth-order valence-corrected chi connectivity index (χ4v) is 6.03. The van der Waals surface area contributed by atoms with E-state index < -0.39 is 18.3 Å². The van der Waals surface area contributed by atoms with E-state index in [0.29, 0.717) is 37.4 Å². The van der Waals surface area contributed by atoms with Gasteiger partial charge >= 0.3 is 0 Å². The molecule has 3 heterocycles. The van der Waals surface area contributed by atoms with E-state index in [-0.39, 0.29) is 23.1 Å². The number of methoxy groups -OCH3 is 1. The number of aliphatic hydroxyl groups is 1. The number of amides is 2. The second-order valence-electron chi connectivity index (χ2n) is 10.3. The van der Waals surface area contributed by atoms with Gasteiger partial charge in [-0.3, -0.25) is 14.5 Å². The summed E-state index contributed by atoms with van der Waals surface area (Å²) in [5, 5.41) is 27.7. The molecule has 9 heteroatoms. The van der Waals surface area contributed by atoms with Crippen LogP contribution in [0.15, 0.2) is 24.3 Å². The first-order chi connectivity index (χ1) is 16.9. The van der Waals surface area contributed by atoms with E-state index in [9.17, 15) is 20.0 Å². The van der Waals surface area contributed by atoms with Crippen molar-refractivity contribution >= 4 is 22.7 Å². The first kappa shape index (κ1) is 23.6. The van der Waals surface area contributed by atoms with Gasteiger partial charge in [0.1, 0.15) is 18.0 Å². The van der Waals surface area contributed by atoms with Gasteiger partial charge in [0.05, 0.1) is 24.9 Å². The number of carbonyl (C=O) groups excluding carboxylic acids is 2. The molecule has 3 aliphatic rings.